The number of carbonyl (C=O) groups is 1. The van der Waals surface area contributed by atoms with Crippen LogP contribution in [0, 0.1) is 10.1 Å². The summed E-state index contributed by atoms with van der Waals surface area (Å²) in [5.74, 6) is -1.91. The SMILES string of the molecule is CN(CCc1ccc([N+](=O)[O-])cc1)C(=O)C(F)(F)F. The van der Waals surface area contributed by atoms with E-state index in [-0.39, 0.29) is 18.7 Å². The van der Waals surface area contributed by atoms with E-state index in [1.54, 1.807) is 0 Å². The lowest BCUT2D eigenvalue weighted by atomic mass is 10.1. The predicted octanol–water partition coefficient (Wildman–Crippen LogP) is 2.16. The third kappa shape index (κ3) is 4.23. The van der Waals surface area contributed by atoms with E-state index in [0.29, 0.717) is 10.5 Å². The van der Waals surface area contributed by atoms with Gasteiger partial charge in [-0.25, -0.2) is 0 Å². The van der Waals surface area contributed by atoms with Crippen LogP contribution >= 0.6 is 0 Å². The number of hydrogen-bond acceptors (Lipinski definition) is 3. The van der Waals surface area contributed by atoms with Gasteiger partial charge in [0.05, 0.1) is 4.92 Å². The normalized spacial score (nSPS) is 11.2. The summed E-state index contributed by atoms with van der Waals surface area (Å²) in [4.78, 5) is 21.3. The number of nitro groups is 1. The van der Waals surface area contributed by atoms with E-state index in [4.69, 9.17) is 0 Å². The van der Waals surface area contributed by atoms with Crippen molar-refractivity contribution < 1.29 is 22.9 Å². The number of non-ortho nitro benzene ring substituents is 1. The molecule has 0 radical (unpaired) electrons. The van der Waals surface area contributed by atoms with Crippen molar-refractivity contribution >= 4 is 11.6 Å². The molecule has 0 spiro atoms. The number of benzene rings is 1. The first-order valence-electron chi connectivity index (χ1n) is 5.27. The highest BCUT2D eigenvalue weighted by Gasteiger charge is 2.40. The standard InChI is InChI=1S/C11H11F3N2O3/c1-15(10(17)11(12,13)14)7-6-8-2-4-9(5-3-8)16(18)19/h2-5H,6-7H2,1H3. The molecular weight excluding hydrogens is 265 g/mol. The maximum atomic E-state index is 12.1. The van der Waals surface area contributed by atoms with Crippen LogP contribution in [0.4, 0.5) is 18.9 Å². The zero-order valence-electron chi connectivity index (χ0n) is 9.98. The molecule has 0 atom stereocenters. The maximum absolute atomic E-state index is 12.1. The first-order valence-corrected chi connectivity index (χ1v) is 5.27. The Hall–Kier alpha value is -2.12. The largest absolute Gasteiger partial charge is 0.471 e. The fourth-order valence-electron chi connectivity index (χ4n) is 1.40. The molecule has 0 heterocycles. The van der Waals surface area contributed by atoms with Gasteiger partial charge >= 0.3 is 12.1 Å². The summed E-state index contributed by atoms with van der Waals surface area (Å²) in [7, 11) is 1.06. The van der Waals surface area contributed by atoms with Crippen LogP contribution in [0.2, 0.25) is 0 Å². The lowest BCUT2D eigenvalue weighted by Gasteiger charge is -2.18. The van der Waals surface area contributed by atoms with Gasteiger partial charge in [-0.2, -0.15) is 13.2 Å². The van der Waals surface area contributed by atoms with E-state index in [2.05, 4.69) is 0 Å². The minimum absolute atomic E-state index is 0.0940. The van der Waals surface area contributed by atoms with E-state index < -0.39 is 17.0 Å². The summed E-state index contributed by atoms with van der Waals surface area (Å²) >= 11 is 0. The molecule has 8 heteroatoms. The second-order valence-corrected chi connectivity index (χ2v) is 3.90. The van der Waals surface area contributed by atoms with Gasteiger partial charge in [-0.05, 0) is 12.0 Å². The third-order valence-corrected chi connectivity index (χ3v) is 2.47. The molecule has 1 aromatic carbocycles. The van der Waals surface area contributed by atoms with Gasteiger partial charge in [-0.15, -0.1) is 0 Å². The van der Waals surface area contributed by atoms with Gasteiger partial charge in [0.15, 0.2) is 0 Å². The molecule has 5 nitrogen and oxygen atoms in total. The molecule has 1 amide bonds. The maximum Gasteiger partial charge on any atom is 0.471 e. The van der Waals surface area contributed by atoms with Gasteiger partial charge in [-0.1, -0.05) is 12.1 Å². The van der Waals surface area contributed by atoms with Crippen LogP contribution in [0.3, 0.4) is 0 Å². The Morgan fingerprint density at radius 3 is 2.26 bits per heavy atom. The molecule has 104 valence electrons. The van der Waals surface area contributed by atoms with Gasteiger partial charge in [0.25, 0.3) is 5.69 Å². The number of likely N-dealkylation sites (N-methyl/N-ethyl adjacent to an activating group) is 1. The van der Waals surface area contributed by atoms with Crippen LogP contribution in [0.5, 0.6) is 0 Å². The Morgan fingerprint density at radius 1 is 1.32 bits per heavy atom. The van der Waals surface area contributed by atoms with E-state index >= 15 is 0 Å². The molecule has 0 saturated carbocycles. The lowest BCUT2D eigenvalue weighted by molar-refractivity contribution is -0.384. The molecule has 0 aliphatic rings. The van der Waals surface area contributed by atoms with E-state index in [1.807, 2.05) is 0 Å². The molecule has 0 bridgehead atoms. The summed E-state index contributed by atoms with van der Waals surface area (Å²) < 4.78 is 36.3. The summed E-state index contributed by atoms with van der Waals surface area (Å²) in [6.45, 7) is -0.115. The monoisotopic (exact) mass is 276 g/mol. The van der Waals surface area contributed by atoms with Crippen molar-refractivity contribution in [2.45, 2.75) is 12.6 Å². The molecule has 0 saturated heterocycles. The Bertz CT molecular complexity index is 471. The fourth-order valence-corrected chi connectivity index (χ4v) is 1.40. The van der Waals surface area contributed by atoms with Crippen LogP contribution in [-0.2, 0) is 11.2 Å². The van der Waals surface area contributed by atoms with Crippen molar-refractivity contribution in [2.24, 2.45) is 0 Å². The molecule has 0 aliphatic carbocycles. The van der Waals surface area contributed by atoms with Crippen molar-refractivity contribution in [3.05, 3.63) is 39.9 Å². The highest BCUT2D eigenvalue weighted by Crippen LogP contribution is 2.18. The van der Waals surface area contributed by atoms with Crippen molar-refractivity contribution in [3.63, 3.8) is 0 Å². The van der Waals surface area contributed by atoms with Crippen molar-refractivity contribution in [2.75, 3.05) is 13.6 Å². The smallest absolute Gasteiger partial charge is 0.338 e. The Balaban J connectivity index is 2.57. The minimum Gasteiger partial charge on any atom is -0.338 e. The molecule has 0 aromatic heterocycles. The number of hydrogen-bond donors (Lipinski definition) is 0. The summed E-state index contributed by atoms with van der Waals surface area (Å²) in [6.07, 6.45) is -4.69. The van der Waals surface area contributed by atoms with Crippen LogP contribution in [0.25, 0.3) is 0 Å². The van der Waals surface area contributed by atoms with Crippen molar-refractivity contribution in [1.82, 2.24) is 4.90 Å². The summed E-state index contributed by atoms with van der Waals surface area (Å²) in [5, 5.41) is 10.4. The molecule has 0 unspecified atom stereocenters. The molecule has 0 N–H and O–H groups in total. The number of carbonyl (C=O) groups excluding carboxylic acids is 1. The number of rotatable bonds is 4. The zero-order valence-corrected chi connectivity index (χ0v) is 9.98. The lowest BCUT2D eigenvalue weighted by Crippen LogP contribution is -2.39. The second kappa shape index (κ2) is 5.68. The Kier molecular flexibility index (Phi) is 4.47. The van der Waals surface area contributed by atoms with Gasteiger partial charge in [0.2, 0.25) is 0 Å². The average Bonchev–Trinajstić information content (AvgIpc) is 2.34. The van der Waals surface area contributed by atoms with Gasteiger partial charge in [0, 0.05) is 25.7 Å². The Morgan fingerprint density at radius 2 is 1.84 bits per heavy atom. The number of halogens is 3. The number of nitrogens with zero attached hydrogens (tertiary/aromatic N) is 2. The van der Waals surface area contributed by atoms with Crippen LogP contribution in [0.1, 0.15) is 5.56 Å². The topological polar surface area (TPSA) is 63.4 Å². The van der Waals surface area contributed by atoms with Gasteiger partial charge in [-0.3, -0.25) is 14.9 Å². The predicted molar refractivity (Wildman–Crippen MR) is 60.5 cm³/mol. The Labute approximate surface area is 106 Å². The summed E-state index contributed by atoms with van der Waals surface area (Å²) in [6, 6.07) is 5.43. The summed E-state index contributed by atoms with van der Waals surface area (Å²) in [5.41, 5.74) is 0.524. The van der Waals surface area contributed by atoms with Gasteiger partial charge < -0.3 is 4.90 Å². The zero-order chi connectivity index (χ0) is 14.6. The first-order chi connectivity index (χ1) is 8.71. The van der Waals surface area contributed by atoms with E-state index in [0.717, 1.165) is 7.05 Å². The molecule has 0 fully saturated rings. The average molecular weight is 276 g/mol. The highest BCUT2D eigenvalue weighted by atomic mass is 19.4. The number of nitro benzene ring substituents is 1. The van der Waals surface area contributed by atoms with Crippen LogP contribution in [-0.4, -0.2) is 35.5 Å². The van der Waals surface area contributed by atoms with E-state index in [9.17, 15) is 28.1 Å². The van der Waals surface area contributed by atoms with Crippen LogP contribution in [0.15, 0.2) is 24.3 Å². The fraction of sp³-hybridized carbons (Fsp3) is 0.364. The number of alkyl halides is 3. The third-order valence-electron chi connectivity index (χ3n) is 2.47. The molecule has 1 aromatic rings. The molecule has 1 rings (SSSR count). The second-order valence-electron chi connectivity index (χ2n) is 3.90. The van der Waals surface area contributed by atoms with Crippen molar-refractivity contribution in [3.8, 4) is 0 Å². The highest BCUT2D eigenvalue weighted by molar-refractivity contribution is 5.81. The molecular formula is C11H11F3N2O3. The minimum atomic E-state index is -4.88. The first kappa shape index (κ1) is 14.9. The number of amides is 1. The van der Waals surface area contributed by atoms with E-state index in [1.165, 1.54) is 24.3 Å². The quantitative estimate of drug-likeness (QED) is 0.625. The van der Waals surface area contributed by atoms with Crippen molar-refractivity contribution in [1.29, 1.82) is 0 Å². The molecule has 19 heavy (non-hydrogen) atoms. The van der Waals surface area contributed by atoms with Gasteiger partial charge in [0.1, 0.15) is 0 Å². The van der Waals surface area contributed by atoms with Crippen LogP contribution < -0.4 is 0 Å². The molecule has 0 aliphatic heterocycles.